The van der Waals surface area contributed by atoms with Gasteiger partial charge in [0, 0.05) is 9.79 Å². The van der Waals surface area contributed by atoms with Crippen molar-refractivity contribution in [3.63, 3.8) is 0 Å². The first-order valence-electron chi connectivity index (χ1n) is 7.59. The van der Waals surface area contributed by atoms with Gasteiger partial charge in [0.25, 0.3) is 0 Å². The first-order chi connectivity index (χ1) is 11.6. The predicted octanol–water partition coefficient (Wildman–Crippen LogP) is 5.93. The standard InChI is InChI=1S/C14H10O4S2.2C2H6/c15-13(16)9-5-1-3-7-11(9)19-20-12-8-4-2-6-10(12)14(17)18;2*1-2/h1-8H,(H,15,16)(H,17,18);2*1-2H3. The van der Waals surface area contributed by atoms with Crippen molar-refractivity contribution in [3.05, 3.63) is 59.7 Å². The molecule has 2 aromatic rings. The summed E-state index contributed by atoms with van der Waals surface area (Å²) in [5, 5.41) is 18.2. The molecule has 0 unspecified atom stereocenters. The SMILES string of the molecule is CC.CC.O=C(O)c1ccccc1SSc1ccccc1C(=O)O. The number of carboxylic acid groups (broad SMARTS) is 2. The largest absolute Gasteiger partial charge is 0.478 e. The van der Waals surface area contributed by atoms with Crippen LogP contribution in [-0.2, 0) is 0 Å². The van der Waals surface area contributed by atoms with E-state index in [4.69, 9.17) is 10.2 Å². The highest BCUT2D eigenvalue weighted by Gasteiger charge is 2.13. The summed E-state index contributed by atoms with van der Waals surface area (Å²) in [7, 11) is 2.47. The number of aromatic carboxylic acids is 2. The van der Waals surface area contributed by atoms with E-state index in [1.165, 1.54) is 33.7 Å². The third-order valence-corrected chi connectivity index (χ3v) is 4.94. The van der Waals surface area contributed by atoms with Crippen molar-refractivity contribution in [1.29, 1.82) is 0 Å². The van der Waals surface area contributed by atoms with E-state index >= 15 is 0 Å². The Kier molecular flexibility index (Phi) is 11.5. The van der Waals surface area contributed by atoms with Crippen molar-refractivity contribution >= 4 is 33.5 Å². The van der Waals surface area contributed by atoms with Crippen LogP contribution in [0.25, 0.3) is 0 Å². The average Bonchev–Trinajstić information content (AvgIpc) is 2.63. The Labute approximate surface area is 150 Å². The molecule has 2 rings (SSSR count). The minimum Gasteiger partial charge on any atom is -0.478 e. The highest BCUT2D eigenvalue weighted by atomic mass is 33.1. The van der Waals surface area contributed by atoms with Crippen LogP contribution in [0.4, 0.5) is 0 Å². The highest BCUT2D eigenvalue weighted by Crippen LogP contribution is 2.40. The van der Waals surface area contributed by atoms with E-state index in [0.29, 0.717) is 9.79 Å². The van der Waals surface area contributed by atoms with Gasteiger partial charge in [-0.25, -0.2) is 9.59 Å². The number of carboxylic acids is 2. The molecule has 0 aliphatic heterocycles. The van der Waals surface area contributed by atoms with Gasteiger partial charge in [0.15, 0.2) is 0 Å². The molecule has 0 amide bonds. The molecule has 0 aromatic heterocycles. The minimum absolute atomic E-state index is 0.206. The van der Waals surface area contributed by atoms with Gasteiger partial charge in [0.05, 0.1) is 11.1 Å². The van der Waals surface area contributed by atoms with Crippen molar-refractivity contribution in [2.75, 3.05) is 0 Å². The average molecular weight is 367 g/mol. The molecule has 0 fully saturated rings. The van der Waals surface area contributed by atoms with Gasteiger partial charge in [0.1, 0.15) is 0 Å². The van der Waals surface area contributed by atoms with E-state index in [2.05, 4.69) is 0 Å². The van der Waals surface area contributed by atoms with Crippen molar-refractivity contribution in [2.24, 2.45) is 0 Å². The van der Waals surface area contributed by atoms with E-state index in [-0.39, 0.29) is 11.1 Å². The Morgan fingerprint density at radius 3 is 1.25 bits per heavy atom. The fourth-order valence-electron chi connectivity index (χ4n) is 1.52. The van der Waals surface area contributed by atoms with E-state index in [9.17, 15) is 9.59 Å². The second-order valence-electron chi connectivity index (χ2n) is 3.77. The summed E-state index contributed by atoms with van der Waals surface area (Å²) in [6.45, 7) is 8.00. The molecule has 0 spiro atoms. The monoisotopic (exact) mass is 366 g/mol. The van der Waals surface area contributed by atoms with Crippen LogP contribution in [0.2, 0.25) is 0 Å². The fraction of sp³-hybridized carbons (Fsp3) is 0.222. The molecule has 2 aromatic carbocycles. The van der Waals surface area contributed by atoms with Gasteiger partial charge in [-0.1, -0.05) is 73.5 Å². The van der Waals surface area contributed by atoms with Crippen LogP contribution in [-0.4, -0.2) is 22.2 Å². The van der Waals surface area contributed by atoms with Crippen LogP contribution in [0.3, 0.4) is 0 Å². The van der Waals surface area contributed by atoms with Crippen molar-refractivity contribution in [2.45, 2.75) is 37.5 Å². The molecule has 0 radical (unpaired) electrons. The fourth-order valence-corrected chi connectivity index (χ4v) is 3.87. The Morgan fingerprint density at radius 1 is 0.667 bits per heavy atom. The third-order valence-electron chi connectivity index (χ3n) is 2.46. The molecule has 0 aliphatic rings. The molecular weight excluding hydrogens is 344 g/mol. The first-order valence-corrected chi connectivity index (χ1v) is 9.73. The van der Waals surface area contributed by atoms with Gasteiger partial charge in [-0.05, 0) is 24.3 Å². The van der Waals surface area contributed by atoms with E-state index in [1.807, 2.05) is 27.7 Å². The molecule has 0 saturated carbocycles. The molecule has 6 heteroatoms. The summed E-state index contributed by atoms with van der Waals surface area (Å²) < 4.78 is 0. The first kappa shape index (κ1) is 22.1. The van der Waals surface area contributed by atoms with Crippen LogP contribution in [0.15, 0.2) is 58.3 Å². The molecule has 0 heterocycles. The van der Waals surface area contributed by atoms with Crippen molar-refractivity contribution in [1.82, 2.24) is 0 Å². The molecule has 0 saturated heterocycles. The zero-order valence-corrected chi connectivity index (χ0v) is 15.8. The maximum atomic E-state index is 11.1. The molecule has 0 aliphatic carbocycles. The minimum atomic E-state index is -1.000. The lowest BCUT2D eigenvalue weighted by Crippen LogP contribution is -1.98. The van der Waals surface area contributed by atoms with Crippen molar-refractivity contribution in [3.8, 4) is 0 Å². The third kappa shape index (κ3) is 6.68. The quantitative estimate of drug-likeness (QED) is 0.638. The molecular formula is C18H22O4S2. The number of benzene rings is 2. The summed E-state index contributed by atoms with van der Waals surface area (Å²) in [6, 6.07) is 13.3. The molecule has 0 atom stereocenters. The predicted molar refractivity (Wildman–Crippen MR) is 101 cm³/mol. The van der Waals surface area contributed by atoms with Gasteiger partial charge in [-0.2, -0.15) is 0 Å². The second kappa shape index (κ2) is 12.5. The number of carbonyl (C=O) groups is 2. The maximum Gasteiger partial charge on any atom is 0.336 e. The zero-order valence-electron chi connectivity index (χ0n) is 14.1. The second-order valence-corrected chi connectivity index (χ2v) is 5.98. The van der Waals surface area contributed by atoms with Crippen LogP contribution in [0.5, 0.6) is 0 Å². The lowest BCUT2D eigenvalue weighted by Gasteiger charge is -2.06. The summed E-state index contributed by atoms with van der Waals surface area (Å²) >= 11 is 0. The summed E-state index contributed by atoms with van der Waals surface area (Å²) in [5.74, 6) is -2.00. The summed E-state index contributed by atoms with van der Waals surface area (Å²) in [4.78, 5) is 23.4. The van der Waals surface area contributed by atoms with E-state index < -0.39 is 11.9 Å². The zero-order chi connectivity index (χ0) is 18.5. The summed E-state index contributed by atoms with van der Waals surface area (Å²) in [5.41, 5.74) is 0.413. The lowest BCUT2D eigenvalue weighted by molar-refractivity contribution is 0.0682. The van der Waals surface area contributed by atoms with E-state index in [0.717, 1.165) is 0 Å². The van der Waals surface area contributed by atoms with Crippen LogP contribution in [0, 0.1) is 0 Å². The number of hydrogen-bond donors (Lipinski definition) is 2. The Bertz CT molecular complexity index is 599. The Balaban J connectivity index is 0.00000123. The van der Waals surface area contributed by atoms with Gasteiger partial charge in [-0.3, -0.25) is 0 Å². The van der Waals surface area contributed by atoms with Crippen LogP contribution < -0.4 is 0 Å². The van der Waals surface area contributed by atoms with Crippen molar-refractivity contribution < 1.29 is 19.8 Å². The van der Waals surface area contributed by atoms with E-state index in [1.54, 1.807) is 36.4 Å². The van der Waals surface area contributed by atoms with Gasteiger partial charge in [0.2, 0.25) is 0 Å². The number of hydrogen-bond acceptors (Lipinski definition) is 4. The lowest BCUT2D eigenvalue weighted by atomic mass is 10.2. The number of rotatable bonds is 5. The Hall–Kier alpha value is -1.92. The molecule has 24 heavy (non-hydrogen) atoms. The topological polar surface area (TPSA) is 74.6 Å². The van der Waals surface area contributed by atoms with Crippen LogP contribution in [0.1, 0.15) is 48.4 Å². The maximum absolute atomic E-state index is 11.1. The van der Waals surface area contributed by atoms with Gasteiger partial charge >= 0.3 is 11.9 Å². The van der Waals surface area contributed by atoms with Gasteiger partial charge < -0.3 is 10.2 Å². The normalized spacial score (nSPS) is 9.00. The highest BCUT2D eigenvalue weighted by molar-refractivity contribution is 8.76. The Morgan fingerprint density at radius 2 is 0.958 bits per heavy atom. The molecule has 2 N–H and O–H groups in total. The van der Waals surface area contributed by atoms with Gasteiger partial charge in [-0.15, -0.1) is 0 Å². The molecule has 130 valence electrons. The van der Waals surface area contributed by atoms with Crippen LogP contribution >= 0.6 is 21.6 Å². The smallest absolute Gasteiger partial charge is 0.336 e. The summed E-state index contributed by atoms with van der Waals surface area (Å²) in [6.07, 6.45) is 0. The molecule has 4 nitrogen and oxygen atoms in total. The molecule has 0 bridgehead atoms.